The average molecular weight is 399 g/mol. The summed E-state index contributed by atoms with van der Waals surface area (Å²) in [7, 11) is 1.64. The zero-order valence-electron chi connectivity index (χ0n) is 17.6. The van der Waals surface area contributed by atoms with Gasteiger partial charge in [0, 0.05) is 6.42 Å². The highest BCUT2D eigenvalue weighted by Crippen LogP contribution is 2.32. The molecule has 0 unspecified atom stereocenters. The van der Waals surface area contributed by atoms with Crippen LogP contribution >= 0.6 is 0 Å². The summed E-state index contributed by atoms with van der Waals surface area (Å²) in [5, 5.41) is 9.17. The summed E-state index contributed by atoms with van der Waals surface area (Å²) in [6.07, 6.45) is 0.905. The second-order valence-electron chi connectivity index (χ2n) is 7.05. The van der Waals surface area contributed by atoms with Gasteiger partial charge in [-0.3, -0.25) is 4.79 Å². The standard InChI is InChI=1S/C26H25NO3/c1-4-30-26(28)13-9-22-16-23(29-3)10-12-25(22)21-8-11-24(18(2)14-21)20-7-5-6-19(15-20)17-27/h5-8,10-12,14-16H,4,9,13H2,1-3H3. The Morgan fingerprint density at radius 1 is 1.00 bits per heavy atom. The molecule has 0 aliphatic rings. The maximum atomic E-state index is 11.9. The van der Waals surface area contributed by atoms with Crippen molar-refractivity contribution in [3.8, 4) is 34.1 Å². The van der Waals surface area contributed by atoms with E-state index in [2.05, 4.69) is 31.2 Å². The van der Waals surface area contributed by atoms with Crippen LogP contribution in [0.25, 0.3) is 22.3 Å². The monoisotopic (exact) mass is 399 g/mol. The molecule has 0 saturated heterocycles. The first-order valence-electron chi connectivity index (χ1n) is 9.99. The Hall–Kier alpha value is -3.58. The molecule has 0 radical (unpaired) electrons. The Kier molecular flexibility index (Phi) is 6.87. The van der Waals surface area contributed by atoms with Crippen molar-refractivity contribution in [3.05, 3.63) is 77.4 Å². The van der Waals surface area contributed by atoms with Crippen molar-refractivity contribution in [2.75, 3.05) is 13.7 Å². The van der Waals surface area contributed by atoms with Gasteiger partial charge < -0.3 is 9.47 Å². The van der Waals surface area contributed by atoms with Gasteiger partial charge in [0.1, 0.15) is 5.75 Å². The van der Waals surface area contributed by atoms with E-state index in [1.165, 1.54) is 0 Å². The molecule has 0 aromatic heterocycles. The molecule has 0 fully saturated rings. The number of hydrogen-bond donors (Lipinski definition) is 0. The third-order valence-corrected chi connectivity index (χ3v) is 5.06. The number of ether oxygens (including phenoxy) is 2. The molecule has 0 aliphatic carbocycles. The molecule has 0 saturated carbocycles. The summed E-state index contributed by atoms with van der Waals surface area (Å²) in [4.78, 5) is 11.9. The third kappa shape index (κ3) is 4.87. The number of hydrogen-bond acceptors (Lipinski definition) is 4. The first-order chi connectivity index (χ1) is 14.5. The van der Waals surface area contributed by atoms with Crippen molar-refractivity contribution >= 4 is 5.97 Å². The second kappa shape index (κ2) is 9.76. The number of nitriles is 1. The number of rotatable bonds is 7. The summed E-state index contributed by atoms with van der Waals surface area (Å²) in [5.41, 5.74) is 7.07. The number of carbonyl (C=O) groups is 1. The lowest BCUT2D eigenvalue weighted by molar-refractivity contribution is -0.143. The van der Waals surface area contributed by atoms with E-state index >= 15 is 0 Å². The summed E-state index contributed by atoms with van der Waals surface area (Å²) < 4.78 is 10.5. The van der Waals surface area contributed by atoms with Crippen LogP contribution in [-0.2, 0) is 16.0 Å². The fourth-order valence-corrected chi connectivity index (χ4v) is 3.57. The van der Waals surface area contributed by atoms with Gasteiger partial charge in [-0.2, -0.15) is 5.26 Å². The second-order valence-corrected chi connectivity index (χ2v) is 7.05. The number of nitrogens with zero attached hydrogens (tertiary/aromatic N) is 1. The van der Waals surface area contributed by atoms with Crippen molar-refractivity contribution in [3.63, 3.8) is 0 Å². The van der Waals surface area contributed by atoms with Crippen LogP contribution in [0.15, 0.2) is 60.7 Å². The van der Waals surface area contributed by atoms with Crippen molar-refractivity contribution in [1.82, 2.24) is 0 Å². The van der Waals surface area contributed by atoms with Crippen molar-refractivity contribution < 1.29 is 14.3 Å². The minimum atomic E-state index is -0.199. The lowest BCUT2D eigenvalue weighted by atomic mass is 9.92. The lowest BCUT2D eigenvalue weighted by Gasteiger charge is -2.14. The van der Waals surface area contributed by atoms with Gasteiger partial charge in [0.05, 0.1) is 25.3 Å². The number of esters is 1. The lowest BCUT2D eigenvalue weighted by Crippen LogP contribution is -2.06. The van der Waals surface area contributed by atoms with E-state index in [4.69, 9.17) is 9.47 Å². The summed E-state index contributed by atoms with van der Waals surface area (Å²) in [5.74, 6) is 0.564. The minimum Gasteiger partial charge on any atom is -0.497 e. The van der Waals surface area contributed by atoms with Crippen LogP contribution < -0.4 is 4.74 Å². The highest BCUT2D eigenvalue weighted by atomic mass is 16.5. The molecule has 0 aliphatic heterocycles. The van der Waals surface area contributed by atoms with Gasteiger partial charge in [0.15, 0.2) is 0 Å². The van der Waals surface area contributed by atoms with E-state index in [1.807, 2.05) is 43.3 Å². The van der Waals surface area contributed by atoms with Gasteiger partial charge in [-0.1, -0.05) is 36.4 Å². The zero-order chi connectivity index (χ0) is 21.5. The largest absolute Gasteiger partial charge is 0.497 e. The summed E-state index contributed by atoms with van der Waals surface area (Å²) >= 11 is 0. The Morgan fingerprint density at radius 2 is 1.77 bits per heavy atom. The van der Waals surface area contributed by atoms with Gasteiger partial charge in [-0.15, -0.1) is 0 Å². The molecule has 3 aromatic rings. The Bertz CT molecular complexity index is 1100. The van der Waals surface area contributed by atoms with Gasteiger partial charge in [-0.25, -0.2) is 0 Å². The molecule has 30 heavy (non-hydrogen) atoms. The molecule has 0 N–H and O–H groups in total. The molecular formula is C26H25NO3. The van der Waals surface area contributed by atoms with Crippen molar-refractivity contribution in [2.45, 2.75) is 26.7 Å². The Balaban J connectivity index is 1.96. The highest BCUT2D eigenvalue weighted by Gasteiger charge is 2.12. The van der Waals surface area contributed by atoms with Gasteiger partial charge in [-0.05, 0) is 77.9 Å². The molecule has 0 bridgehead atoms. The van der Waals surface area contributed by atoms with Gasteiger partial charge in [0.25, 0.3) is 0 Å². The topological polar surface area (TPSA) is 59.3 Å². The van der Waals surface area contributed by atoms with Crippen molar-refractivity contribution in [2.24, 2.45) is 0 Å². The molecule has 0 atom stereocenters. The van der Waals surface area contributed by atoms with E-state index < -0.39 is 0 Å². The summed E-state index contributed by atoms with van der Waals surface area (Å²) in [6.45, 7) is 4.27. The number of aryl methyl sites for hydroxylation is 2. The normalized spacial score (nSPS) is 10.3. The molecular weight excluding hydrogens is 374 g/mol. The molecule has 0 amide bonds. The predicted octanol–water partition coefficient (Wildman–Crippen LogP) is 5.71. The fraction of sp³-hybridized carbons (Fsp3) is 0.231. The maximum absolute atomic E-state index is 11.9. The van der Waals surface area contributed by atoms with E-state index in [1.54, 1.807) is 13.2 Å². The smallest absolute Gasteiger partial charge is 0.306 e. The molecule has 3 aromatic carbocycles. The van der Waals surface area contributed by atoms with Gasteiger partial charge >= 0.3 is 5.97 Å². The maximum Gasteiger partial charge on any atom is 0.306 e. The van der Waals surface area contributed by atoms with Crippen LogP contribution in [0.4, 0.5) is 0 Å². The molecule has 3 rings (SSSR count). The molecule has 0 spiro atoms. The number of carbonyl (C=O) groups excluding carboxylic acids is 1. The average Bonchev–Trinajstić information content (AvgIpc) is 2.77. The van der Waals surface area contributed by atoms with E-state index in [9.17, 15) is 10.1 Å². The van der Waals surface area contributed by atoms with Crippen LogP contribution in [0.2, 0.25) is 0 Å². The van der Waals surface area contributed by atoms with Crippen LogP contribution in [0.1, 0.15) is 30.0 Å². The highest BCUT2D eigenvalue weighted by molar-refractivity contribution is 5.77. The fourth-order valence-electron chi connectivity index (χ4n) is 3.57. The van der Waals surface area contributed by atoms with E-state index in [0.29, 0.717) is 25.0 Å². The first-order valence-corrected chi connectivity index (χ1v) is 9.99. The van der Waals surface area contributed by atoms with Gasteiger partial charge in [0.2, 0.25) is 0 Å². The Morgan fingerprint density at radius 3 is 2.47 bits per heavy atom. The van der Waals surface area contributed by atoms with E-state index in [0.717, 1.165) is 39.1 Å². The molecule has 0 heterocycles. The van der Waals surface area contributed by atoms with Crippen LogP contribution in [0.5, 0.6) is 5.75 Å². The minimum absolute atomic E-state index is 0.199. The number of benzene rings is 3. The van der Waals surface area contributed by atoms with Crippen LogP contribution in [0, 0.1) is 18.3 Å². The molecule has 152 valence electrons. The SMILES string of the molecule is CCOC(=O)CCc1cc(OC)ccc1-c1ccc(-c2cccc(C#N)c2)c(C)c1. The summed E-state index contributed by atoms with van der Waals surface area (Å²) in [6, 6.07) is 22.1. The molecule has 4 nitrogen and oxygen atoms in total. The molecule has 4 heteroatoms. The van der Waals surface area contributed by atoms with Crippen molar-refractivity contribution in [1.29, 1.82) is 5.26 Å². The predicted molar refractivity (Wildman–Crippen MR) is 118 cm³/mol. The Labute approximate surface area is 177 Å². The van der Waals surface area contributed by atoms with Crippen LogP contribution in [0.3, 0.4) is 0 Å². The van der Waals surface area contributed by atoms with E-state index in [-0.39, 0.29) is 5.97 Å². The first kappa shape index (κ1) is 21.1. The van der Waals surface area contributed by atoms with Crippen LogP contribution in [-0.4, -0.2) is 19.7 Å². The zero-order valence-corrected chi connectivity index (χ0v) is 17.6. The quantitative estimate of drug-likeness (QED) is 0.478. The number of methoxy groups -OCH3 is 1. The third-order valence-electron chi connectivity index (χ3n) is 5.06.